The zero-order chi connectivity index (χ0) is 10.6. The lowest BCUT2D eigenvalue weighted by atomic mass is 9.80. The Balaban J connectivity index is 2.31. The molecule has 82 valence electrons. The van der Waals surface area contributed by atoms with E-state index in [9.17, 15) is 0 Å². The molecule has 1 aliphatic carbocycles. The molecular formula is C12H22ClN. The Morgan fingerprint density at radius 1 is 1.43 bits per heavy atom. The van der Waals surface area contributed by atoms with Gasteiger partial charge in [0.2, 0.25) is 0 Å². The van der Waals surface area contributed by atoms with Crippen LogP contribution in [0.25, 0.3) is 0 Å². The van der Waals surface area contributed by atoms with Crippen molar-refractivity contribution in [1.29, 1.82) is 0 Å². The summed E-state index contributed by atoms with van der Waals surface area (Å²) >= 11 is 5.63. The Kier molecular flexibility index (Phi) is 4.97. The molecule has 0 heterocycles. The quantitative estimate of drug-likeness (QED) is 0.760. The zero-order valence-corrected chi connectivity index (χ0v) is 10.3. The monoisotopic (exact) mass is 215 g/mol. The van der Waals surface area contributed by atoms with Gasteiger partial charge in [0.25, 0.3) is 0 Å². The van der Waals surface area contributed by atoms with Gasteiger partial charge in [-0.25, -0.2) is 0 Å². The van der Waals surface area contributed by atoms with E-state index in [1.165, 1.54) is 24.8 Å². The van der Waals surface area contributed by atoms with E-state index in [1.54, 1.807) is 5.54 Å². The molecule has 0 aliphatic heterocycles. The van der Waals surface area contributed by atoms with Crippen molar-refractivity contribution in [1.82, 2.24) is 5.32 Å². The van der Waals surface area contributed by atoms with Gasteiger partial charge in [-0.2, -0.15) is 0 Å². The average Bonchev–Trinajstić information content (AvgIpc) is 2.16. The Hall–Kier alpha value is -0.0100. The maximum absolute atomic E-state index is 5.63. The molecule has 0 amide bonds. The van der Waals surface area contributed by atoms with Gasteiger partial charge in [-0.1, -0.05) is 25.4 Å². The summed E-state index contributed by atoms with van der Waals surface area (Å²) in [5.74, 6) is 1.72. The van der Waals surface area contributed by atoms with Crippen molar-refractivity contribution in [3.05, 3.63) is 11.1 Å². The Bertz CT molecular complexity index is 200. The summed E-state index contributed by atoms with van der Waals surface area (Å²) in [6.45, 7) is 7.71. The summed E-state index contributed by atoms with van der Waals surface area (Å²) in [5.41, 5.74) is 2.89. The van der Waals surface area contributed by atoms with Gasteiger partial charge < -0.3 is 5.32 Å². The molecule has 1 rings (SSSR count). The number of hydrogen-bond donors (Lipinski definition) is 1. The summed E-state index contributed by atoms with van der Waals surface area (Å²) in [7, 11) is 0. The summed E-state index contributed by atoms with van der Waals surface area (Å²) in [6.07, 6.45) is 4.05. The average molecular weight is 216 g/mol. The highest BCUT2D eigenvalue weighted by Crippen LogP contribution is 2.28. The first kappa shape index (κ1) is 12.1. The largest absolute Gasteiger partial charge is 0.310 e. The Morgan fingerprint density at radius 2 is 2.14 bits per heavy atom. The molecule has 3 atom stereocenters. The lowest BCUT2D eigenvalue weighted by Crippen LogP contribution is -2.39. The van der Waals surface area contributed by atoms with Crippen LogP contribution in [-0.4, -0.2) is 12.6 Å². The van der Waals surface area contributed by atoms with Crippen LogP contribution in [0.4, 0.5) is 0 Å². The van der Waals surface area contributed by atoms with Crippen LogP contribution in [-0.2, 0) is 0 Å². The first-order chi connectivity index (χ1) is 6.63. The number of hydrogen-bond acceptors (Lipinski definition) is 1. The molecule has 0 aromatic carbocycles. The van der Waals surface area contributed by atoms with Gasteiger partial charge in [0.15, 0.2) is 0 Å². The van der Waals surface area contributed by atoms with Gasteiger partial charge in [0.1, 0.15) is 0 Å². The Morgan fingerprint density at radius 3 is 2.71 bits per heavy atom. The highest BCUT2D eigenvalue weighted by molar-refractivity contribution is 6.25. The van der Waals surface area contributed by atoms with Crippen LogP contribution in [0.1, 0.15) is 40.0 Å². The molecule has 1 aliphatic rings. The van der Waals surface area contributed by atoms with Gasteiger partial charge in [-0.15, -0.1) is 0 Å². The number of halogens is 1. The fourth-order valence-electron chi connectivity index (χ4n) is 2.30. The van der Waals surface area contributed by atoms with Gasteiger partial charge in [-0.3, -0.25) is 0 Å². The van der Waals surface area contributed by atoms with Crippen LogP contribution in [0.2, 0.25) is 0 Å². The smallest absolute Gasteiger partial charge is 0.0176 e. The summed E-state index contributed by atoms with van der Waals surface area (Å²) in [4.78, 5) is 0. The first-order valence-electron chi connectivity index (χ1n) is 5.62. The second-order valence-corrected chi connectivity index (χ2v) is 5.06. The van der Waals surface area contributed by atoms with Crippen molar-refractivity contribution >= 4 is 11.6 Å². The normalized spacial score (nSPS) is 34.6. The number of nitrogens with one attached hydrogen (secondary N) is 1. The molecule has 1 saturated carbocycles. The molecule has 1 fully saturated rings. The maximum Gasteiger partial charge on any atom is 0.0176 e. The molecule has 0 spiro atoms. The zero-order valence-electron chi connectivity index (χ0n) is 9.52. The van der Waals surface area contributed by atoms with E-state index < -0.39 is 0 Å². The molecular weight excluding hydrogens is 194 g/mol. The summed E-state index contributed by atoms with van der Waals surface area (Å²) in [5, 5.41) is 3.59. The van der Waals surface area contributed by atoms with Crippen molar-refractivity contribution in [2.75, 3.05) is 6.54 Å². The fraction of sp³-hybridized carbons (Fsp3) is 0.833. The van der Waals surface area contributed by atoms with Crippen molar-refractivity contribution in [2.45, 2.75) is 46.1 Å². The molecule has 0 bridgehead atoms. The molecule has 0 saturated heterocycles. The highest BCUT2D eigenvalue weighted by atomic mass is 35.5. The van der Waals surface area contributed by atoms with Crippen LogP contribution in [0.15, 0.2) is 11.1 Å². The second kappa shape index (κ2) is 5.77. The second-order valence-electron chi connectivity index (χ2n) is 4.84. The number of rotatable bonds is 3. The van der Waals surface area contributed by atoms with Crippen LogP contribution < -0.4 is 5.32 Å². The van der Waals surface area contributed by atoms with Crippen molar-refractivity contribution in [2.24, 2.45) is 11.8 Å². The molecule has 0 radical (unpaired) electrons. The van der Waals surface area contributed by atoms with Crippen molar-refractivity contribution in [3.8, 4) is 0 Å². The van der Waals surface area contributed by atoms with Gasteiger partial charge in [0, 0.05) is 18.1 Å². The first-order valence-corrected chi connectivity index (χ1v) is 6.06. The van der Waals surface area contributed by atoms with Crippen LogP contribution >= 0.6 is 11.6 Å². The van der Waals surface area contributed by atoms with Crippen LogP contribution in [0, 0.1) is 11.8 Å². The van der Waals surface area contributed by atoms with Crippen molar-refractivity contribution < 1.29 is 0 Å². The molecule has 2 heteroatoms. The van der Waals surface area contributed by atoms with Gasteiger partial charge in [-0.05, 0) is 43.6 Å². The van der Waals surface area contributed by atoms with Crippen molar-refractivity contribution in [3.63, 3.8) is 0 Å². The molecule has 14 heavy (non-hydrogen) atoms. The van der Waals surface area contributed by atoms with E-state index in [1.807, 2.05) is 0 Å². The molecule has 1 nitrogen and oxygen atoms in total. The lowest BCUT2D eigenvalue weighted by molar-refractivity contribution is 0.232. The van der Waals surface area contributed by atoms with E-state index >= 15 is 0 Å². The third-order valence-electron chi connectivity index (χ3n) is 3.26. The summed E-state index contributed by atoms with van der Waals surface area (Å²) < 4.78 is 0. The van der Waals surface area contributed by atoms with E-state index in [0.29, 0.717) is 6.04 Å². The lowest BCUT2D eigenvalue weighted by Gasteiger charge is -2.33. The molecule has 3 unspecified atom stereocenters. The van der Waals surface area contributed by atoms with E-state index in [4.69, 9.17) is 11.6 Å². The van der Waals surface area contributed by atoms with Gasteiger partial charge in [0.05, 0.1) is 0 Å². The van der Waals surface area contributed by atoms with E-state index in [-0.39, 0.29) is 0 Å². The molecule has 0 aromatic rings. The third kappa shape index (κ3) is 3.62. The molecule has 0 aromatic heterocycles. The molecule has 1 N–H and O–H groups in total. The SMILES string of the molecule is CC(=CCl)CNC1CCC(C)CC1C. The van der Waals surface area contributed by atoms with Crippen LogP contribution in [0.3, 0.4) is 0 Å². The van der Waals surface area contributed by atoms with E-state index in [0.717, 1.165) is 18.4 Å². The maximum atomic E-state index is 5.63. The third-order valence-corrected chi connectivity index (χ3v) is 3.63. The summed E-state index contributed by atoms with van der Waals surface area (Å²) in [6, 6.07) is 0.692. The Labute approximate surface area is 92.9 Å². The van der Waals surface area contributed by atoms with E-state index in [2.05, 4.69) is 26.1 Å². The minimum atomic E-state index is 0.692. The van der Waals surface area contributed by atoms with Gasteiger partial charge >= 0.3 is 0 Å². The standard InChI is InChI=1S/C12H22ClN/c1-9-4-5-12(11(3)6-9)14-8-10(2)7-13/h7,9,11-12,14H,4-6,8H2,1-3H3. The fourth-order valence-corrected chi connectivity index (χ4v) is 2.38. The predicted molar refractivity (Wildman–Crippen MR) is 63.6 cm³/mol. The predicted octanol–water partition coefficient (Wildman–Crippen LogP) is 3.54. The minimum absolute atomic E-state index is 0.692. The highest BCUT2D eigenvalue weighted by Gasteiger charge is 2.24. The topological polar surface area (TPSA) is 12.0 Å². The minimum Gasteiger partial charge on any atom is -0.310 e. The van der Waals surface area contributed by atoms with Crippen LogP contribution in [0.5, 0.6) is 0 Å².